The largest absolute Gasteiger partial charge is 0.381 e. The summed E-state index contributed by atoms with van der Waals surface area (Å²) in [7, 11) is 0. The molecular formula is C21H31NO3. The van der Waals surface area contributed by atoms with Gasteiger partial charge in [-0.15, -0.1) is 0 Å². The summed E-state index contributed by atoms with van der Waals surface area (Å²) >= 11 is 0. The molecule has 0 amide bonds. The van der Waals surface area contributed by atoms with Crippen LogP contribution in [-0.4, -0.2) is 56.1 Å². The number of likely N-dealkylation sites (tertiary alicyclic amines) is 1. The van der Waals surface area contributed by atoms with Crippen molar-refractivity contribution < 1.29 is 14.2 Å². The van der Waals surface area contributed by atoms with Gasteiger partial charge in [0.15, 0.2) is 0 Å². The quantitative estimate of drug-likeness (QED) is 0.820. The maximum absolute atomic E-state index is 6.25. The molecule has 138 valence electrons. The molecule has 2 atom stereocenters. The van der Waals surface area contributed by atoms with E-state index in [2.05, 4.69) is 36.1 Å². The highest BCUT2D eigenvalue weighted by Crippen LogP contribution is 2.37. The number of hydrogen-bond donors (Lipinski definition) is 0. The topological polar surface area (TPSA) is 30.9 Å². The maximum Gasteiger partial charge on any atom is 0.0847 e. The predicted octanol–water partition coefficient (Wildman–Crippen LogP) is 3.17. The van der Waals surface area contributed by atoms with Gasteiger partial charge in [-0.2, -0.15) is 0 Å². The van der Waals surface area contributed by atoms with Gasteiger partial charge in [-0.3, -0.25) is 4.90 Å². The highest BCUT2D eigenvalue weighted by molar-refractivity contribution is 5.21. The Balaban J connectivity index is 1.24. The van der Waals surface area contributed by atoms with Crippen molar-refractivity contribution in [3.63, 3.8) is 0 Å². The summed E-state index contributed by atoms with van der Waals surface area (Å²) in [5, 5.41) is 0. The molecule has 0 unspecified atom stereocenters. The molecule has 3 aliphatic heterocycles. The molecule has 4 nitrogen and oxygen atoms in total. The highest BCUT2D eigenvalue weighted by Gasteiger charge is 2.45. The second kappa shape index (κ2) is 7.75. The summed E-state index contributed by atoms with van der Waals surface area (Å²) in [5.41, 5.74) is 2.75. The van der Waals surface area contributed by atoms with Crippen molar-refractivity contribution in [2.45, 2.75) is 50.9 Å². The van der Waals surface area contributed by atoms with Crippen LogP contribution in [0.25, 0.3) is 0 Å². The zero-order valence-electron chi connectivity index (χ0n) is 15.4. The highest BCUT2D eigenvalue weighted by atomic mass is 16.6. The molecule has 0 bridgehead atoms. The molecule has 0 radical (unpaired) electrons. The molecule has 3 fully saturated rings. The van der Waals surface area contributed by atoms with E-state index in [9.17, 15) is 0 Å². The van der Waals surface area contributed by atoms with Gasteiger partial charge in [0.25, 0.3) is 0 Å². The first-order valence-electron chi connectivity index (χ1n) is 9.82. The Morgan fingerprint density at radius 3 is 2.80 bits per heavy atom. The van der Waals surface area contributed by atoms with Gasteiger partial charge in [0.2, 0.25) is 0 Å². The smallest absolute Gasteiger partial charge is 0.0847 e. The van der Waals surface area contributed by atoms with Crippen molar-refractivity contribution in [1.82, 2.24) is 4.90 Å². The van der Waals surface area contributed by atoms with Crippen LogP contribution in [0.4, 0.5) is 0 Å². The fourth-order valence-corrected chi connectivity index (χ4v) is 4.39. The predicted molar refractivity (Wildman–Crippen MR) is 97.7 cm³/mol. The van der Waals surface area contributed by atoms with E-state index in [-0.39, 0.29) is 11.7 Å². The number of rotatable bonds is 5. The zero-order valence-corrected chi connectivity index (χ0v) is 15.4. The first kappa shape index (κ1) is 17.5. The molecule has 0 aromatic heterocycles. The van der Waals surface area contributed by atoms with Gasteiger partial charge in [0.1, 0.15) is 0 Å². The van der Waals surface area contributed by atoms with Crippen LogP contribution >= 0.6 is 0 Å². The van der Waals surface area contributed by atoms with Crippen molar-refractivity contribution >= 4 is 0 Å². The molecule has 0 N–H and O–H groups in total. The molecule has 0 saturated carbocycles. The second-order valence-electron chi connectivity index (χ2n) is 8.16. The Labute approximate surface area is 151 Å². The minimum absolute atomic E-state index is 0.0328. The van der Waals surface area contributed by atoms with Gasteiger partial charge in [0, 0.05) is 39.3 Å². The third-order valence-electron chi connectivity index (χ3n) is 6.01. The summed E-state index contributed by atoms with van der Waals surface area (Å²) in [5.74, 6) is 0.673. The lowest BCUT2D eigenvalue weighted by Gasteiger charge is -2.25. The van der Waals surface area contributed by atoms with Crippen molar-refractivity contribution in [2.24, 2.45) is 5.92 Å². The lowest BCUT2D eigenvalue weighted by molar-refractivity contribution is -0.0188. The second-order valence-corrected chi connectivity index (χ2v) is 8.16. The van der Waals surface area contributed by atoms with Crippen LogP contribution in [0, 0.1) is 12.8 Å². The lowest BCUT2D eigenvalue weighted by atomic mass is 9.98. The minimum Gasteiger partial charge on any atom is -0.381 e. The summed E-state index contributed by atoms with van der Waals surface area (Å²) < 4.78 is 17.9. The van der Waals surface area contributed by atoms with Crippen LogP contribution in [0.2, 0.25) is 0 Å². The SMILES string of the molecule is Cc1ccc(CN2CC[C@]3(C[C@@H](OCC4CCOCC4)CO3)C2)cc1. The van der Waals surface area contributed by atoms with Gasteiger partial charge in [0.05, 0.1) is 24.9 Å². The average molecular weight is 345 g/mol. The van der Waals surface area contributed by atoms with Gasteiger partial charge >= 0.3 is 0 Å². The van der Waals surface area contributed by atoms with Crippen LogP contribution < -0.4 is 0 Å². The standard InChI is InChI=1S/C21H31NO3/c1-17-2-4-18(5-3-17)13-22-9-8-21(16-22)12-20(15-25-21)24-14-19-6-10-23-11-7-19/h2-5,19-20H,6-16H2,1H3/t20-,21+/m1/s1. The molecule has 1 aromatic carbocycles. The monoisotopic (exact) mass is 345 g/mol. The van der Waals surface area contributed by atoms with E-state index in [0.29, 0.717) is 5.92 Å². The van der Waals surface area contributed by atoms with E-state index in [4.69, 9.17) is 14.2 Å². The fourth-order valence-electron chi connectivity index (χ4n) is 4.39. The number of aryl methyl sites for hydroxylation is 1. The van der Waals surface area contributed by atoms with E-state index in [0.717, 1.165) is 71.7 Å². The third-order valence-corrected chi connectivity index (χ3v) is 6.01. The Hall–Kier alpha value is -0.940. The van der Waals surface area contributed by atoms with Crippen LogP contribution in [0.1, 0.15) is 36.8 Å². The average Bonchev–Trinajstić information content (AvgIpc) is 3.23. The molecule has 0 aliphatic carbocycles. The Bertz CT molecular complexity index is 555. The van der Waals surface area contributed by atoms with Crippen LogP contribution in [-0.2, 0) is 20.8 Å². The molecule has 25 heavy (non-hydrogen) atoms. The fraction of sp³-hybridized carbons (Fsp3) is 0.714. The van der Waals surface area contributed by atoms with E-state index in [1.165, 1.54) is 11.1 Å². The Kier molecular flexibility index (Phi) is 5.41. The number of nitrogens with zero attached hydrogens (tertiary/aromatic N) is 1. The van der Waals surface area contributed by atoms with Gasteiger partial charge < -0.3 is 14.2 Å². The van der Waals surface area contributed by atoms with E-state index in [1.54, 1.807) is 0 Å². The van der Waals surface area contributed by atoms with Crippen LogP contribution in [0.3, 0.4) is 0 Å². The van der Waals surface area contributed by atoms with Crippen molar-refractivity contribution in [3.8, 4) is 0 Å². The third kappa shape index (κ3) is 4.43. The molecule has 4 rings (SSSR count). The molecule has 3 heterocycles. The molecular weight excluding hydrogens is 314 g/mol. The van der Waals surface area contributed by atoms with Gasteiger partial charge in [-0.1, -0.05) is 29.8 Å². The van der Waals surface area contributed by atoms with E-state index in [1.807, 2.05) is 0 Å². The Morgan fingerprint density at radius 2 is 2.00 bits per heavy atom. The Morgan fingerprint density at radius 1 is 1.20 bits per heavy atom. The molecule has 3 saturated heterocycles. The normalized spacial score (nSPS) is 31.2. The summed E-state index contributed by atoms with van der Waals surface area (Å²) in [6.45, 7) is 8.77. The van der Waals surface area contributed by atoms with Crippen LogP contribution in [0.15, 0.2) is 24.3 Å². The number of benzene rings is 1. The van der Waals surface area contributed by atoms with Crippen LogP contribution in [0.5, 0.6) is 0 Å². The lowest BCUT2D eigenvalue weighted by Crippen LogP contribution is -2.33. The summed E-state index contributed by atoms with van der Waals surface area (Å²) in [6, 6.07) is 8.89. The molecule has 3 aliphatic rings. The van der Waals surface area contributed by atoms with Crippen molar-refractivity contribution in [3.05, 3.63) is 35.4 Å². The summed E-state index contributed by atoms with van der Waals surface area (Å²) in [4.78, 5) is 2.53. The van der Waals surface area contributed by atoms with Gasteiger partial charge in [-0.05, 0) is 37.7 Å². The number of hydrogen-bond acceptors (Lipinski definition) is 4. The number of ether oxygens (including phenoxy) is 3. The van der Waals surface area contributed by atoms with Gasteiger partial charge in [-0.25, -0.2) is 0 Å². The van der Waals surface area contributed by atoms with Crippen molar-refractivity contribution in [2.75, 3.05) is 39.5 Å². The minimum atomic E-state index is 0.0328. The molecule has 1 aromatic rings. The summed E-state index contributed by atoms with van der Waals surface area (Å²) in [6.07, 6.45) is 4.75. The molecule has 4 heteroatoms. The van der Waals surface area contributed by atoms with E-state index >= 15 is 0 Å². The van der Waals surface area contributed by atoms with E-state index < -0.39 is 0 Å². The molecule has 1 spiro atoms. The first-order chi connectivity index (χ1) is 12.2. The van der Waals surface area contributed by atoms with Crippen molar-refractivity contribution in [1.29, 1.82) is 0 Å². The first-order valence-corrected chi connectivity index (χ1v) is 9.82. The maximum atomic E-state index is 6.25. The zero-order chi connectivity index (χ0) is 17.1.